The van der Waals surface area contributed by atoms with Gasteiger partial charge in [0.2, 0.25) is 0 Å². The van der Waals surface area contributed by atoms with Crippen molar-refractivity contribution in [3.63, 3.8) is 0 Å². The number of carboxylic acids is 2. The molecule has 0 aliphatic carbocycles. The Morgan fingerprint density at radius 1 is 0.643 bits per heavy atom. The fourth-order valence-corrected chi connectivity index (χ4v) is 2.40. The molecule has 3 rings (SSSR count). The lowest BCUT2D eigenvalue weighted by Gasteiger charge is -1.99. The second-order valence-electron chi connectivity index (χ2n) is 5.89. The molecule has 28 heavy (non-hydrogen) atoms. The molecule has 0 fully saturated rings. The molecule has 0 spiro atoms. The highest BCUT2D eigenvalue weighted by molar-refractivity contribution is 5.90. The van der Waals surface area contributed by atoms with E-state index in [1.165, 1.54) is 24.3 Å². The van der Waals surface area contributed by atoms with Gasteiger partial charge in [0.25, 0.3) is 0 Å². The largest absolute Gasteiger partial charge is 0.478 e. The summed E-state index contributed by atoms with van der Waals surface area (Å²) in [7, 11) is 0. The van der Waals surface area contributed by atoms with Gasteiger partial charge < -0.3 is 10.2 Å². The molecule has 0 unspecified atom stereocenters. The lowest BCUT2D eigenvalue weighted by Crippen LogP contribution is -1.94. The molecular weight excluding hydrogens is 356 g/mol. The smallest absolute Gasteiger partial charge is 0.335 e. The highest BCUT2D eigenvalue weighted by Crippen LogP contribution is 2.15. The standard InChI is InChI=1S/C22H16N2O4/c25-21(26)17-4-8-19(9-5-17)23-13-15-2-1-3-16(12-15)14-24-20-10-6-18(7-11-20)22(27)28/h1-14H,(H,25,26)(H,27,28). The summed E-state index contributed by atoms with van der Waals surface area (Å²) in [6.07, 6.45) is 3.38. The molecule has 0 aliphatic rings. The number of nitrogens with zero attached hydrogens (tertiary/aromatic N) is 2. The molecule has 0 atom stereocenters. The van der Waals surface area contributed by atoms with Crippen LogP contribution < -0.4 is 0 Å². The van der Waals surface area contributed by atoms with E-state index in [-0.39, 0.29) is 11.1 Å². The van der Waals surface area contributed by atoms with Crippen LogP contribution in [0.2, 0.25) is 0 Å². The Labute approximate surface area is 161 Å². The molecule has 0 saturated carbocycles. The maximum atomic E-state index is 10.9. The van der Waals surface area contributed by atoms with E-state index in [1.54, 1.807) is 36.7 Å². The molecule has 0 saturated heterocycles. The van der Waals surface area contributed by atoms with Crippen LogP contribution in [0.5, 0.6) is 0 Å². The first-order valence-electron chi connectivity index (χ1n) is 8.36. The van der Waals surface area contributed by atoms with E-state index in [0.29, 0.717) is 11.4 Å². The summed E-state index contributed by atoms with van der Waals surface area (Å²) >= 11 is 0. The zero-order valence-electron chi connectivity index (χ0n) is 14.7. The molecule has 0 heterocycles. The van der Waals surface area contributed by atoms with Crippen LogP contribution in [0.1, 0.15) is 31.8 Å². The summed E-state index contributed by atoms with van der Waals surface area (Å²) in [5, 5.41) is 17.8. The third-order valence-corrected chi connectivity index (χ3v) is 3.86. The van der Waals surface area contributed by atoms with Gasteiger partial charge in [-0.25, -0.2) is 9.59 Å². The van der Waals surface area contributed by atoms with Gasteiger partial charge in [-0.1, -0.05) is 18.2 Å². The molecule has 6 nitrogen and oxygen atoms in total. The van der Waals surface area contributed by atoms with E-state index in [2.05, 4.69) is 9.98 Å². The normalized spacial score (nSPS) is 11.1. The van der Waals surface area contributed by atoms with Gasteiger partial charge in [0.1, 0.15) is 0 Å². The van der Waals surface area contributed by atoms with Crippen molar-refractivity contribution in [2.75, 3.05) is 0 Å². The van der Waals surface area contributed by atoms with Crippen LogP contribution in [0, 0.1) is 0 Å². The van der Waals surface area contributed by atoms with Gasteiger partial charge in [0.05, 0.1) is 22.5 Å². The number of rotatable bonds is 6. The molecule has 0 aromatic heterocycles. The van der Waals surface area contributed by atoms with E-state index >= 15 is 0 Å². The molecule has 6 heteroatoms. The summed E-state index contributed by atoms with van der Waals surface area (Å²) in [6.45, 7) is 0. The first kappa shape index (κ1) is 18.7. The summed E-state index contributed by atoms with van der Waals surface area (Å²) in [5.74, 6) is -1.94. The van der Waals surface area contributed by atoms with E-state index in [1.807, 2.05) is 24.3 Å². The van der Waals surface area contributed by atoms with Crippen LogP contribution in [0.3, 0.4) is 0 Å². The number of aromatic carboxylic acids is 2. The van der Waals surface area contributed by atoms with Gasteiger partial charge in [-0.15, -0.1) is 0 Å². The molecule has 0 radical (unpaired) electrons. The monoisotopic (exact) mass is 372 g/mol. The molecule has 138 valence electrons. The molecule has 0 aliphatic heterocycles. The van der Waals surface area contributed by atoms with Gasteiger partial charge in [-0.05, 0) is 65.7 Å². The highest BCUT2D eigenvalue weighted by Gasteiger charge is 2.01. The zero-order chi connectivity index (χ0) is 19.9. The van der Waals surface area contributed by atoms with Crippen molar-refractivity contribution in [2.24, 2.45) is 9.98 Å². The van der Waals surface area contributed by atoms with Crippen molar-refractivity contribution in [1.82, 2.24) is 0 Å². The zero-order valence-corrected chi connectivity index (χ0v) is 14.7. The topological polar surface area (TPSA) is 99.3 Å². The maximum Gasteiger partial charge on any atom is 0.335 e. The van der Waals surface area contributed by atoms with E-state index in [9.17, 15) is 9.59 Å². The summed E-state index contributed by atoms with van der Waals surface area (Å²) in [5.41, 5.74) is 3.48. The van der Waals surface area contributed by atoms with E-state index in [0.717, 1.165) is 11.1 Å². The Morgan fingerprint density at radius 3 is 1.39 bits per heavy atom. The van der Waals surface area contributed by atoms with Crippen molar-refractivity contribution >= 4 is 35.7 Å². The van der Waals surface area contributed by atoms with Gasteiger partial charge in [0, 0.05) is 12.4 Å². The van der Waals surface area contributed by atoms with Gasteiger partial charge in [-0.3, -0.25) is 9.98 Å². The minimum absolute atomic E-state index is 0.216. The highest BCUT2D eigenvalue weighted by atomic mass is 16.4. The maximum absolute atomic E-state index is 10.9. The Morgan fingerprint density at radius 2 is 1.04 bits per heavy atom. The summed E-state index contributed by atoms with van der Waals surface area (Å²) in [4.78, 5) is 30.4. The van der Waals surface area contributed by atoms with Crippen molar-refractivity contribution in [1.29, 1.82) is 0 Å². The Bertz CT molecular complexity index is 970. The molecule has 0 bridgehead atoms. The third kappa shape index (κ3) is 4.98. The molecular formula is C22H16N2O4. The van der Waals surface area contributed by atoms with Crippen LogP contribution in [0.25, 0.3) is 0 Å². The van der Waals surface area contributed by atoms with Crippen LogP contribution in [-0.4, -0.2) is 34.6 Å². The average Bonchev–Trinajstić information content (AvgIpc) is 2.71. The third-order valence-electron chi connectivity index (χ3n) is 3.86. The van der Waals surface area contributed by atoms with Crippen LogP contribution in [0.15, 0.2) is 82.8 Å². The number of benzene rings is 3. The fourth-order valence-electron chi connectivity index (χ4n) is 2.40. The summed E-state index contributed by atoms with van der Waals surface area (Å²) < 4.78 is 0. The van der Waals surface area contributed by atoms with Crippen LogP contribution >= 0.6 is 0 Å². The van der Waals surface area contributed by atoms with Crippen molar-refractivity contribution in [3.8, 4) is 0 Å². The van der Waals surface area contributed by atoms with Crippen molar-refractivity contribution in [3.05, 3.63) is 95.1 Å². The number of hydrogen-bond donors (Lipinski definition) is 2. The second-order valence-corrected chi connectivity index (χ2v) is 5.89. The van der Waals surface area contributed by atoms with Crippen LogP contribution in [-0.2, 0) is 0 Å². The van der Waals surface area contributed by atoms with Gasteiger partial charge in [0.15, 0.2) is 0 Å². The van der Waals surface area contributed by atoms with Crippen LogP contribution in [0.4, 0.5) is 11.4 Å². The van der Waals surface area contributed by atoms with Crippen molar-refractivity contribution < 1.29 is 19.8 Å². The predicted molar refractivity (Wildman–Crippen MR) is 108 cm³/mol. The van der Waals surface area contributed by atoms with E-state index in [4.69, 9.17) is 10.2 Å². The number of carbonyl (C=O) groups is 2. The van der Waals surface area contributed by atoms with Gasteiger partial charge >= 0.3 is 11.9 Å². The lowest BCUT2D eigenvalue weighted by atomic mass is 10.1. The Balaban J connectivity index is 1.71. The quantitative estimate of drug-likeness (QED) is 0.618. The molecule has 0 amide bonds. The molecule has 3 aromatic rings. The average molecular weight is 372 g/mol. The Hall–Kier alpha value is -4.06. The minimum Gasteiger partial charge on any atom is -0.478 e. The lowest BCUT2D eigenvalue weighted by molar-refractivity contribution is 0.0686. The first-order chi connectivity index (χ1) is 13.5. The Kier molecular flexibility index (Phi) is 5.72. The molecule has 3 aromatic carbocycles. The number of hydrogen-bond acceptors (Lipinski definition) is 4. The fraction of sp³-hybridized carbons (Fsp3) is 0. The second kappa shape index (κ2) is 8.55. The molecule has 2 N–H and O–H groups in total. The van der Waals surface area contributed by atoms with Crippen molar-refractivity contribution in [2.45, 2.75) is 0 Å². The first-order valence-corrected chi connectivity index (χ1v) is 8.36. The summed E-state index contributed by atoms with van der Waals surface area (Å²) in [6, 6.07) is 20.2. The van der Waals surface area contributed by atoms with Gasteiger partial charge in [-0.2, -0.15) is 0 Å². The minimum atomic E-state index is -0.972. The predicted octanol–water partition coefficient (Wildman–Crippen LogP) is 4.58. The number of carboxylic acid groups (broad SMARTS) is 2. The SMILES string of the molecule is O=C(O)c1ccc(N=Cc2cccc(C=Nc3ccc(C(=O)O)cc3)c2)cc1. The van der Waals surface area contributed by atoms with E-state index < -0.39 is 11.9 Å². The number of aliphatic imine (C=N–C) groups is 2.